The van der Waals surface area contributed by atoms with E-state index < -0.39 is 0 Å². The molecule has 0 unspecified atom stereocenters. The van der Waals surface area contributed by atoms with Crippen LogP contribution in [0.25, 0.3) is 5.57 Å². The quantitative estimate of drug-likeness (QED) is 0.772. The molecule has 0 aromatic heterocycles. The SMILES string of the molecule is C=C(c1ccccc1)c1cc(OC)ccc1N(C)OC. The molecule has 0 saturated carbocycles. The first kappa shape index (κ1) is 14.2. The van der Waals surface area contributed by atoms with Gasteiger partial charge in [-0.3, -0.25) is 9.90 Å². The molecule has 2 aromatic carbocycles. The van der Waals surface area contributed by atoms with Crippen LogP contribution in [-0.2, 0) is 4.84 Å². The first-order valence-corrected chi connectivity index (χ1v) is 6.38. The fourth-order valence-corrected chi connectivity index (χ4v) is 2.05. The molecular weight excluding hydrogens is 250 g/mol. The summed E-state index contributed by atoms with van der Waals surface area (Å²) >= 11 is 0. The van der Waals surface area contributed by atoms with Crippen molar-refractivity contribution in [1.29, 1.82) is 0 Å². The van der Waals surface area contributed by atoms with E-state index >= 15 is 0 Å². The van der Waals surface area contributed by atoms with Gasteiger partial charge in [0.15, 0.2) is 0 Å². The fraction of sp³-hybridized carbons (Fsp3) is 0.176. The number of rotatable bonds is 5. The number of methoxy groups -OCH3 is 1. The van der Waals surface area contributed by atoms with E-state index in [4.69, 9.17) is 9.57 Å². The molecule has 0 aliphatic heterocycles. The second-order valence-corrected chi connectivity index (χ2v) is 4.41. The van der Waals surface area contributed by atoms with Crippen molar-refractivity contribution in [2.24, 2.45) is 0 Å². The lowest BCUT2D eigenvalue weighted by Gasteiger charge is -2.21. The van der Waals surface area contributed by atoms with Gasteiger partial charge in [-0.2, -0.15) is 0 Å². The Morgan fingerprint density at radius 3 is 2.35 bits per heavy atom. The third-order valence-corrected chi connectivity index (χ3v) is 3.26. The molecule has 0 fully saturated rings. The van der Waals surface area contributed by atoms with Crippen LogP contribution < -0.4 is 9.80 Å². The number of hydroxylamine groups is 1. The van der Waals surface area contributed by atoms with Gasteiger partial charge in [0.1, 0.15) is 5.75 Å². The monoisotopic (exact) mass is 269 g/mol. The molecule has 104 valence electrons. The van der Waals surface area contributed by atoms with Crippen molar-refractivity contribution in [1.82, 2.24) is 0 Å². The van der Waals surface area contributed by atoms with Gasteiger partial charge in [0.25, 0.3) is 0 Å². The molecule has 0 atom stereocenters. The minimum atomic E-state index is 0.797. The summed E-state index contributed by atoms with van der Waals surface area (Å²) in [4.78, 5) is 5.29. The highest BCUT2D eigenvalue weighted by Crippen LogP contribution is 2.33. The topological polar surface area (TPSA) is 21.7 Å². The molecule has 0 spiro atoms. The lowest BCUT2D eigenvalue weighted by atomic mass is 9.97. The van der Waals surface area contributed by atoms with Gasteiger partial charge in [-0.1, -0.05) is 36.9 Å². The van der Waals surface area contributed by atoms with Gasteiger partial charge < -0.3 is 4.74 Å². The zero-order chi connectivity index (χ0) is 14.5. The Bertz CT molecular complexity index is 593. The summed E-state index contributed by atoms with van der Waals surface area (Å²) in [5.74, 6) is 0.797. The lowest BCUT2D eigenvalue weighted by molar-refractivity contribution is 0.184. The van der Waals surface area contributed by atoms with Crippen LogP contribution in [0.2, 0.25) is 0 Å². The third-order valence-electron chi connectivity index (χ3n) is 3.26. The van der Waals surface area contributed by atoms with Crippen molar-refractivity contribution < 1.29 is 9.57 Å². The zero-order valence-electron chi connectivity index (χ0n) is 12.1. The fourth-order valence-electron chi connectivity index (χ4n) is 2.05. The van der Waals surface area contributed by atoms with Crippen LogP contribution in [0.5, 0.6) is 5.75 Å². The highest BCUT2D eigenvalue weighted by atomic mass is 16.7. The molecule has 3 nitrogen and oxygen atoms in total. The van der Waals surface area contributed by atoms with E-state index in [0.717, 1.165) is 28.1 Å². The molecule has 0 heterocycles. The van der Waals surface area contributed by atoms with E-state index in [2.05, 4.69) is 6.58 Å². The van der Waals surface area contributed by atoms with Crippen LogP contribution in [0.15, 0.2) is 55.1 Å². The lowest BCUT2D eigenvalue weighted by Crippen LogP contribution is -2.16. The van der Waals surface area contributed by atoms with Crippen molar-refractivity contribution in [3.05, 3.63) is 66.2 Å². The Balaban J connectivity index is 2.50. The molecule has 0 amide bonds. The molecule has 0 saturated heterocycles. The Labute approximate surface area is 120 Å². The van der Waals surface area contributed by atoms with Gasteiger partial charge in [0.05, 0.1) is 19.9 Å². The number of benzene rings is 2. The minimum Gasteiger partial charge on any atom is -0.497 e. The predicted octanol–water partition coefficient (Wildman–Crippen LogP) is 3.75. The van der Waals surface area contributed by atoms with Crippen LogP contribution in [0, 0.1) is 0 Å². The van der Waals surface area contributed by atoms with E-state index in [0.29, 0.717) is 0 Å². The number of ether oxygens (including phenoxy) is 1. The second-order valence-electron chi connectivity index (χ2n) is 4.41. The number of hydrogen-bond donors (Lipinski definition) is 0. The van der Waals surface area contributed by atoms with Gasteiger partial charge in [-0.25, -0.2) is 0 Å². The van der Waals surface area contributed by atoms with Gasteiger partial charge in [-0.15, -0.1) is 0 Å². The van der Waals surface area contributed by atoms with E-state index in [1.807, 2.05) is 55.6 Å². The smallest absolute Gasteiger partial charge is 0.119 e. The van der Waals surface area contributed by atoms with Crippen LogP contribution in [0.3, 0.4) is 0 Å². The second kappa shape index (κ2) is 6.26. The van der Waals surface area contributed by atoms with E-state index in [1.54, 1.807) is 19.3 Å². The third kappa shape index (κ3) is 2.83. The minimum absolute atomic E-state index is 0.797. The largest absolute Gasteiger partial charge is 0.497 e. The van der Waals surface area contributed by atoms with Crippen molar-refractivity contribution >= 4 is 11.3 Å². The zero-order valence-corrected chi connectivity index (χ0v) is 12.1. The van der Waals surface area contributed by atoms with Gasteiger partial charge in [-0.05, 0) is 29.3 Å². The molecule has 0 aliphatic rings. The Morgan fingerprint density at radius 1 is 1.05 bits per heavy atom. The van der Waals surface area contributed by atoms with Gasteiger partial charge in [0, 0.05) is 12.6 Å². The van der Waals surface area contributed by atoms with Gasteiger partial charge >= 0.3 is 0 Å². The summed E-state index contributed by atoms with van der Waals surface area (Å²) < 4.78 is 5.31. The summed E-state index contributed by atoms with van der Waals surface area (Å²) in [6.45, 7) is 4.21. The molecule has 0 aliphatic carbocycles. The first-order chi connectivity index (χ1) is 9.67. The Kier molecular flexibility index (Phi) is 4.43. The molecule has 2 aromatic rings. The molecule has 2 rings (SSSR count). The maximum atomic E-state index is 5.31. The van der Waals surface area contributed by atoms with Crippen LogP contribution in [-0.4, -0.2) is 21.3 Å². The summed E-state index contributed by atoms with van der Waals surface area (Å²) in [6.07, 6.45) is 0. The molecule has 20 heavy (non-hydrogen) atoms. The number of hydrogen-bond acceptors (Lipinski definition) is 3. The van der Waals surface area contributed by atoms with E-state index in [1.165, 1.54) is 0 Å². The summed E-state index contributed by atoms with van der Waals surface area (Å²) in [6, 6.07) is 15.9. The van der Waals surface area contributed by atoms with E-state index in [-0.39, 0.29) is 0 Å². The average Bonchev–Trinajstić information content (AvgIpc) is 2.53. The molecule has 0 bridgehead atoms. The maximum Gasteiger partial charge on any atom is 0.119 e. The van der Waals surface area contributed by atoms with Crippen LogP contribution in [0.1, 0.15) is 11.1 Å². The Hall–Kier alpha value is -2.26. The highest BCUT2D eigenvalue weighted by molar-refractivity contribution is 5.85. The highest BCUT2D eigenvalue weighted by Gasteiger charge is 2.12. The number of nitrogens with zero attached hydrogens (tertiary/aromatic N) is 1. The van der Waals surface area contributed by atoms with Crippen LogP contribution in [0.4, 0.5) is 5.69 Å². The Morgan fingerprint density at radius 2 is 1.75 bits per heavy atom. The normalized spacial score (nSPS) is 10.2. The summed E-state index contributed by atoms with van der Waals surface area (Å²) in [5, 5.41) is 1.71. The summed E-state index contributed by atoms with van der Waals surface area (Å²) in [5.41, 5.74) is 3.94. The standard InChI is InChI=1S/C17H19NO2/c1-13(14-8-6-5-7-9-14)16-12-15(19-3)10-11-17(16)18(2)20-4/h5-12H,1H2,2-4H3. The maximum absolute atomic E-state index is 5.31. The van der Waals surface area contributed by atoms with Crippen molar-refractivity contribution in [2.75, 3.05) is 26.3 Å². The average molecular weight is 269 g/mol. The molecule has 0 radical (unpaired) electrons. The molecular formula is C17H19NO2. The van der Waals surface area contributed by atoms with Crippen molar-refractivity contribution in [3.63, 3.8) is 0 Å². The molecule has 0 N–H and O–H groups in total. The van der Waals surface area contributed by atoms with Crippen molar-refractivity contribution in [3.8, 4) is 5.75 Å². The number of anilines is 1. The summed E-state index contributed by atoms with van der Waals surface area (Å²) in [7, 11) is 5.16. The van der Waals surface area contributed by atoms with E-state index in [9.17, 15) is 0 Å². The van der Waals surface area contributed by atoms with Crippen molar-refractivity contribution in [2.45, 2.75) is 0 Å². The van der Waals surface area contributed by atoms with Gasteiger partial charge in [0.2, 0.25) is 0 Å². The first-order valence-electron chi connectivity index (χ1n) is 6.38. The molecule has 3 heteroatoms. The van der Waals surface area contributed by atoms with Crippen LogP contribution >= 0.6 is 0 Å². The predicted molar refractivity (Wildman–Crippen MR) is 83.0 cm³/mol.